The topological polar surface area (TPSA) is 75.8 Å². The molecule has 0 spiro atoms. The summed E-state index contributed by atoms with van der Waals surface area (Å²) in [5, 5.41) is 15.6. The summed E-state index contributed by atoms with van der Waals surface area (Å²) < 4.78 is 29.9. The Bertz CT molecular complexity index is 1390. The van der Waals surface area contributed by atoms with Crippen molar-refractivity contribution in [1.29, 1.82) is 0 Å². The second-order valence-electron chi connectivity index (χ2n) is 10.5. The van der Waals surface area contributed by atoms with Crippen LogP contribution in [0.5, 0.6) is 0 Å². The Morgan fingerprint density at radius 2 is 2.05 bits per heavy atom. The van der Waals surface area contributed by atoms with E-state index in [4.69, 9.17) is 0 Å². The Hall–Kier alpha value is -3.79. The predicted octanol–water partition coefficient (Wildman–Crippen LogP) is 3.99. The standard InChI is InChI=1S/C27H30F2N8/c1-19-4-6-35(14-19)24-7-22(12-31-13-24)25-18-37(34-33-25)17-23-16-36-15-20(3-5-26(36,2)32-23)10-30-11-21-8-27(28,29)9-21/h3-7,12-16,18,21,30,32H,8-11,17H2,1-2H3. The zero-order chi connectivity index (χ0) is 25.6. The van der Waals surface area contributed by atoms with Crippen LogP contribution in [-0.2, 0) is 6.54 Å². The molecule has 2 N–H and O–H groups in total. The van der Waals surface area contributed by atoms with Gasteiger partial charge in [-0.1, -0.05) is 11.3 Å². The van der Waals surface area contributed by atoms with Gasteiger partial charge < -0.3 is 20.1 Å². The van der Waals surface area contributed by atoms with Crippen LogP contribution in [0.3, 0.4) is 0 Å². The molecule has 1 atom stereocenters. The van der Waals surface area contributed by atoms with Gasteiger partial charge in [-0.15, -0.1) is 5.10 Å². The van der Waals surface area contributed by atoms with Crippen molar-refractivity contribution in [2.75, 3.05) is 13.1 Å². The lowest BCUT2D eigenvalue weighted by Crippen LogP contribution is -2.47. The first-order chi connectivity index (χ1) is 17.7. The molecule has 1 saturated carbocycles. The molecule has 2 aliphatic heterocycles. The summed E-state index contributed by atoms with van der Waals surface area (Å²) >= 11 is 0. The molecule has 0 aromatic carbocycles. The van der Waals surface area contributed by atoms with Crippen molar-refractivity contribution in [3.63, 3.8) is 0 Å². The van der Waals surface area contributed by atoms with Crippen LogP contribution in [0, 0.1) is 12.8 Å². The number of aromatic nitrogens is 5. The maximum absolute atomic E-state index is 13.0. The number of hydrogen-bond donors (Lipinski definition) is 2. The summed E-state index contributed by atoms with van der Waals surface area (Å²) in [6.07, 6.45) is 18.0. The molecule has 6 rings (SSSR count). The molecule has 192 valence electrons. The molecule has 0 radical (unpaired) electrons. The van der Waals surface area contributed by atoms with Crippen LogP contribution < -0.4 is 10.6 Å². The van der Waals surface area contributed by atoms with Gasteiger partial charge in [-0.05, 0) is 55.7 Å². The molecule has 3 aliphatic rings. The Kier molecular flexibility index (Phi) is 5.71. The van der Waals surface area contributed by atoms with Gasteiger partial charge in [0, 0.05) is 55.9 Å². The molecule has 0 amide bonds. The fourth-order valence-electron chi connectivity index (χ4n) is 5.10. The first-order valence-corrected chi connectivity index (χ1v) is 12.5. The second kappa shape index (κ2) is 8.95. The van der Waals surface area contributed by atoms with Gasteiger partial charge in [0.25, 0.3) is 0 Å². The van der Waals surface area contributed by atoms with E-state index in [0.717, 1.165) is 28.2 Å². The smallest absolute Gasteiger partial charge is 0.248 e. The molecule has 3 aromatic rings. The molecule has 8 nitrogen and oxygen atoms in total. The average molecular weight is 505 g/mol. The maximum Gasteiger partial charge on any atom is 0.248 e. The van der Waals surface area contributed by atoms with Gasteiger partial charge in [0.05, 0.1) is 30.3 Å². The number of pyridine rings is 1. The molecule has 3 aromatic heterocycles. The molecule has 0 bridgehead atoms. The number of hydrogen-bond acceptors (Lipinski definition) is 6. The van der Waals surface area contributed by atoms with Gasteiger partial charge in [0.1, 0.15) is 11.4 Å². The average Bonchev–Trinajstić information content (AvgIpc) is 3.56. The van der Waals surface area contributed by atoms with E-state index < -0.39 is 5.92 Å². The minimum atomic E-state index is -2.46. The van der Waals surface area contributed by atoms with E-state index in [9.17, 15) is 8.78 Å². The number of nitrogens with zero attached hydrogens (tertiary/aromatic N) is 6. The van der Waals surface area contributed by atoms with Crippen molar-refractivity contribution < 1.29 is 8.78 Å². The van der Waals surface area contributed by atoms with Crippen molar-refractivity contribution in [2.45, 2.75) is 44.8 Å². The van der Waals surface area contributed by atoms with Crippen molar-refractivity contribution in [3.05, 3.63) is 84.5 Å². The Morgan fingerprint density at radius 3 is 2.84 bits per heavy atom. The molecule has 37 heavy (non-hydrogen) atoms. The minimum Gasteiger partial charge on any atom is -0.360 e. The maximum atomic E-state index is 13.0. The van der Waals surface area contributed by atoms with E-state index in [1.54, 1.807) is 6.20 Å². The summed E-state index contributed by atoms with van der Waals surface area (Å²) in [4.78, 5) is 6.53. The molecule has 0 saturated heterocycles. The van der Waals surface area contributed by atoms with Crippen molar-refractivity contribution in [2.24, 2.45) is 5.92 Å². The molecule has 10 heteroatoms. The zero-order valence-electron chi connectivity index (χ0n) is 20.9. The van der Waals surface area contributed by atoms with Gasteiger partial charge >= 0.3 is 0 Å². The van der Waals surface area contributed by atoms with Crippen LogP contribution >= 0.6 is 0 Å². The summed E-state index contributed by atoms with van der Waals surface area (Å²) in [5.41, 5.74) is 5.59. The fraction of sp³-hybridized carbons (Fsp3) is 0.370. The highest BCUT2D eigenvalue weighted by Gasteiger charge is 2.44. The summed E-state index contributed by atoms with van der Waals surface area (Å²) in [6.45, 7) is 5.99. The van der Waals surface area contributed by atoms with E-state index in [1.165, 1.54) is 5.56 Å². The molecule has 5 heterocycles. The summed E-state index contributed by atoms with van der Waals surface area (Å²) in [6, 6.07) is 4.11. The molecule has 1 aliphatic carbocycles. The number of halogens is 2. The SMILES string of the molecule is Cc1ccn(-c2cncc(-c3cn(CC4=CN5C=C(CNCC6CC(F)(F)C6)C=CC5(C)N4)nn3)c2)c1. The number of allylic oxidation sites excluding steroid dienone is 1. The lowest BCUT2D eigenvalue weighted by atomic mass is 9.81. The Morgan fingerprint density at radius 1 is 1.19 bits per heavy atom. The molecular formula is C27H30F2N8. The first-order valence-electron chi connectivity index (χ1n) is 12.5. The third-order valence-corrected chi connectivity index (χ3v) is 7.14. The normalized spacial score (nSPS) is 22.3. The molecular weight excluding hydrogens is 474 g/mol. The monoisotopic (exact) mass is 504 g/mol. The van der Waals surface area contributed by atoms with Gasteiger partial charge in [-0.25, -0.2) is 13.5 Å². The lowest BCUT2D eigenvalue weighted by molar-refractivity contribution is -0.108. The second-order valence-corrected chi connectivity index (χ2v) is 10.5. The number of aryl methyl sites for hydroxylation is 1. The fourth-order valence-corrected chi connectivity index (χ4v) is 5.10. The summed E-state index contributed by atoms with van der Waals surface area (Å²) in [7, 11) is 0. The Labute approximate surface area is 214 Å². The minimum absolute atomic E-state index is 0.00607. The van der Waals surface area contributed by atoms with Gasteiger partial charge in [0.15, 0.2) is 0 Å². The zero-order valence-corrected chi connectivity index (χ0v) is 20.9. The highest BCUT2D eigenvalue weighted by molar-refractivity contribution is 5.59. The predicted molar refractivity (Wildman–Crippen MR) is 137 cm³/mol. The van der Waals surface area contributed by atoms with E-state index in [-0.39, 0.29) is 24.4 Å². The quantitative estimate of drug-likeness (QED) is 0.483. The highest BCUT2D eigenvalue weighted by Crippen LogP contribution is 2.41. The third-order valence-electron chi connectivity index (χ3n) is 7.14. The van der Waals surface area contributed by atoms with Gasteiger partial charge in [0.2, 0.25) is 5.92 Å². The highest BCUT2D eigenvalue weighted by atomic mass is 19.3. The number of fused-ring (bicyclic) bond motifs is 1. The van der Waals surface area contributed by atoms with Crippen LogP contribution in [0.4, 0.5) is 8.78 Å². The summed E-state index contributed by atoms with van der Waals surface area (Å²) in [5.74, 6) is -2.40. The van der Waals surface area contributed by atoms with E-state index in [1.807, 2.05) is 27.8 Å². The third kappa shape index (κ3) is 4.93. The molecule has 1 unspecified atom stereocenters. The number of nitrogens with one attached hydrogen (secondary N) is 2. The van der Waals surface area contributed by atoms with Crippen LogP contribution in [0.25, 0.3) is 16.9 Å². The Balaban J connectivity index is 1.09. The van der Waals surface area contributed by atoms with Crippen LogP contribution in [0.2, 0.25) is 0 Å². The van der Waals surface area contributed by atoms with E-state index in [0.29, 0.717) is 19.6 Å². The number of alkyl halides is 2. The van der Waals surface area contributed by atoms with Gasteiger partial charge in [-0.3, -0.25) is 4.98 Å². The first kappa shape index (κ1) is 23.6. The van der Waals surface area contributed by atoms with E-state index >= 15 is 0 Å². The number of rotatable bonds is 8. The van der Waals surface area contributed by atoms with Crippen molar-refractivity contribution in [1.82, 2.24) is 40.1 Å². The van der Waals surface area contributed by atoms with Crippen LogP contribution in [0.1, 0.15) is 25.3 Å². The van der Waals surface area contributed by atoms with E-state index in [2.05, 4.69) is 87.6 Å². The molecule has 1 fully saturated rings. The van der Waals surface area contributed by atoms with Crippen LogP contribution in [0.15, 0.2) is 78.9 Å². The van der Waals surface area contributed by atoms with Crippen LogP contribution in [-0.4, -0.2) is 54.1 Å². The van der Waals surface area contributed by atoms with Gasteiger partial charge in [-0.2, -0.15) is 0 Å². The van der Waals surface area contributed by atoms with Crippen molar-refractivity contribution in [3.8, 4) is 16.9 Å². The lowest BCUT2D eigenvalue weighted by Gasteiger charge is -2.36. The largest absolute Gasteiger partial charge is 0.360 e. The van der Waals surface area contributed by atoms with Crippen molar-refractivity contribution >= 4 is 0 Å².